The van der Waals surface area contributed by atoms with E-state index in [0.717, 1.165) is 6.07 Å². The molecule has 0 spiro atoms. The fourth-order valence-electron chi connectivity index (χ4n) is 2.17. The van der Waals surface area contributed by atoms with Gasteiger partial charge in [-0.25, -0.2) is 8.78 Å². The zero-order valence-electron chi connectivity index (χ0n) is 13.0. The third-order valence-electron chi connectivity index (χ3n) is 3.37. The van der Waals surface area contributed by atoms with Crippen LogP contribution in [0.2, 0.25) is 0 Å². The minimum Gasteiger partial charge on any atom is -0.398 e. The van der Waals surface area contributed by atoms with Crippen molar-refractivity contribution in [1.82, 2.24) is 5.32 Å². The second kappa shape index (κ2) is 7.92. The van der Waals surface area contributed by atoms with Gasteiger partial charge in [0.25, 0.3) is 5.91 Å². The summed E-state index contributed by atoms with van der Waals surface area (Å²) in [4.78, 5) is 12.1. The highest BCUT2D eigenvalue weighted by Crippen LogP contribution is 2.23. The SMILES string of the molecule is CSCCNC(=O)c1ccc(N)c(C(=N)c2cccc(F)c2)c1F. The summed E-state index contributed by atoms with van der Waals surface area (Å²) in [5.74, 6) is -1.29. The quantitative estimate of drug-likeness (QED) is 0.426. The van der Waals surface area contributed by atoms with E-state index in [1.165, 1.54) is 30.3 Å². The summed E-state index contributed by atoms with van der Waals surface area (Å²) in [6, 6.07) is 7.90. The maximum Gasteiger partial charge on any atom is 0.254 e. The van der Waals surface area contributed by atoms with Crippen molar-refractivity contribution in [3.63, 3.8) is 0 Å². The first-order valence-electron chi connectivity index (χ1n) is 7.15. The first-order chi connectivity index (χ1) is 11.5. The Hall–Kier alpha value is -2.41. The summed E-state index contributed by atoms with van der Waals surface area (Å²) in [6.45, 7) is 0.403. The molecule has 0 aliphatic heterocycles. The van der Waals surface area contributed by atoms with Crippen molar-refractivity contribution in [2.75, 3.05) is 24.3 Å². The van der Waals surface area contributed by atoms with E-state index < -0.39 is 17.5 Å². The molecule has 0 heterocycles. The average molecular weight is 349 g/mol. The smallest absolute Gasteiger partial charge is 0.254 e. The third kappa shape index (κ3) is 3.91. The number of hydrogen-bond acceptors (Lipinski definition) is 4. The Balaban J connectivity index is 2.38. The highest BCUT2D eigenvalue weighted by atomic mass is 32.2. The molecule has 1 amide bonds. The molecule has 4 N–H and O–H groups in total. The monoisotopic (exact) mass is 349 g/mol. The molecule has 0 aliphatic rings. The van der Waals surface area contributed by atoms with Crippen LogP contribution in [0.15, 0.2) is 36.4 Å². The van der Waals surface area contributed by atoms with Crippen LogP contribution in [0.4, 0.5) is 14.5 Å². The number of rotatable bonds is 6. The zero-order valence-corrected chi connectivity index (χ0v) is 13.8. The first kappa shape index (κ1) is 17.9. The maximum absolute atomic E-state index is 14.7. The van der Waals surface area contributed by atoms with Crippen molar-refractivity contribution >= 4 is 29.1 Å². The number of nitrogens with one attached hydrogen (secondary N) is 2. The third-order valence-corrected chi connectivity index (χ3v) is 3.99. The molecule has 0 saturated carbocycles. The van der Waals surface area contributed by atoms with Crippen molar-refractivity contribution in [3.05, 3.63) is 64.7 Å². The lowest BCUT2D eigenvalue weighted by molar-refractivity contribution is 0.0952. The van der Waals surface area contributed by atoms with Crippen molar-refractivity contribution in [3.8, 4) is 0 Å². The van der Waals surface area contributed by atoms with Crippen LogP contribution in [-0.4, -0.2) is 30.2 Å². The summed E-state index contributed by atoms with van der Waals surface area (Å²) in [5.41, 5.74) is 5.30. The standard InChI is InChI=1S/C17H17F2N3OS/c1-24-8-7-22-17(23)12-5-6-13(20)14(15(12)19)16(21)10-3-2-4-11(18)9-10/h2-6,9,21H,7-8,20H2,1H3,(H,22,23). The van der Waals surface area contributed by atoms with Gasteiger partial charge in [0.1, 0.15) is 11.6 Å². The van der Waals surface area contributed by atoms with Gasteiger partial charge < -0.3 is 11.1 Å². The number of anilines is 1. The molecule has 0 unspecified atom stereocenters. The van der Waals surface area contributed by atoms with Crippen LogP contribution in [-0.2, 0) is 0 Å². The number of hydrogen-bond donors (Lipinski definition) is 3. The molecule has 2 rings (SSSR count). The second-order valence-electron chi connectivity index (χ2n) is 5.03. The van der Waals surface area contributed by atoms with E-state index in [1.807, 2.05) is 6.26 Å². The van der Waals surface area contributed by atoms with E-state index in [-0.39, 0.29) is 28.1 Å². The summed E-state index contributed by atoms with van der Waals surface area (Å²) < 4.78 is 28.1. The molecule has 2 aromatic rings. The zero-order chi connectivity index (χ0) is 17.7. The second-order valence-corrected chi connectivity index (χ2v) is 6.01. The van der Waals surface area contributed by atoms with Crippen molar-refractivity contribution < 1.29 is 13.6 Å². The molecule has 4 nitrogen and oxygen atoms in total. The highest BCUT2D eigenvalue weighted by molar-refractivity contribution is 7.98. The molecule has 0 aromatic heterocycles. The average Bonchev–Trinajstić information content (AvgIpc) is 2.55. The Bertz CT molecular complexity index is 780. The molecule has 0 aliphatic carbocycles. The number of nitrogen functional groups attached to an aromatic ring is 1. The van der Waals surface area contributed by atoms with Gasteiger partial charge >= 0.3 is 0 Å². The predicted octanol–water partition coefficient (Wildman–Crippen LogP) is 3.06. The molecule has 126 valence electrons. The van der Waals surface area contributed by atoms with Gasteiger partial charge in [-0.3, -0.25) is 10.2 Å². The Morgan fingerprint density at radius 1 is 1.29 bits per heavy atom. The van der Waals surface area contributed by atoms with Gasteiger partial charge in [0.05, 0.1) is 16.8 Å². The number of carbonyl (C=O) groups excluding carboxylic acids is 1. The molecular formula is C17H17F2N3OS. The number of carbonyl (C=O) groups is 1. The van der Waals surface area contributed by atoms with Crippen LogP contribution < -0.4 is 11.1 Å². The largest absolute Gasteiger partial charge is 0.398 e. The van der Waals surface area contributed by atoms with Gasteiger partial charge in [-0.05, 0) is 30.5 Å². The van der Waals surface area contributed by atoms with Crippen LogP contribution in [0, 0.1) is 17.0 Å². The molecular weight excluding hydrogens is 332 g/mol. The molecule has 0 bridgehead atoms. The lowest BCUT2D eigenvalue weighted by Crippen LogP contribution is -2.27. The van der Waals surface area contributed by atoms with Crippen LogP contribution in [0.3, 0.4) is 0 Å². The van der Waals surface area contributed by atoms with E-state index in [4.69, 9.17) is 11.1 Å². The Morgan fingerprint density at radius 3 is 2.71 bits per heavy atom. The summed E-state index contributed by atoms with van der Waals surface area (Å²) in [7, 11) is 0. The number of halogens is 2. The summed E-state index contributed by atoms with van der Waals surface area (Å²) in [5, 5.41) is 10.7. The fourth-order valence-corrected chi connectivity index (χ4v) is 2.48. The molecule has 0 atom stereocenters. The van der Waals surface area contributed by atoms with E-state index in [1.54, 1.807) is 11.8 Å². The topological polar surface area (TPSA) is 79.0 Å². The Morgan fingerprint density at radius 2 is 2.04 bits per heavy atom. The molecule has 24 heavy (non-hydrogen) atoms. The van der Waals surface area contributed by atoms with Crippen LogP contribution in [0.5, 0.6) is 0 Å². The van der Waals surface area contributed by atoms with Gasteiger partial charge in [-0.2, -0.15) is 11.8 Å². The van der Waals surface area contributed by atoms with Gasteiger partial charge in [0, 0.05) is 23.5 Å². The Labute approximate surface area is 143 Å². The number of benzene rings is 2. The lowest BCUT2D eigenvalue weighted by Gasteiger charge is -2.13. The number of nitrogens with two attached hydrogens (primary N) is 1. The summed E-state index contributed by atoms with van der Waals surface area (Å²) in [6.07, 6.45) is 1.90. The van der Waals surface area contributed by atoms with Crippen molar-refractivity contribution in [1.29, 1.82) is 5.41 Å². The maximum atomic E-state index is 14.7. The minimum absolute atomic E-state index is 0.0161. The van der Waals surface area contributed by atoms with Gasteiger partial charge in [-0.1, -0.05) is 12.1 Å². The molecule has 0 fully saturated rings. The van der Waals surface area contributed by atoms with E-state index in [9.17, 15) is 13.6 Å². The molecule has 0 radical (unpaired) electrons. The lowest BCUT2D eigenvalue weighted by atomic mass is 9.97. The number of thioether (sulfide) groups is 1. The Kier molecular flexibility index (Phi) is 5.92. The summed E-state index contributed by atoms with van der Waals surface area (Å²) >= 11 is 1.55. The first-order valence-corrected chi connectivity index (χ1v) is 8.55. The van der Waals surface area contributed by atoms with E-state index in [2.05, 4.69) is 5.32 Å². The van der Waals surface area contributed by atoms with Crippen LogP contribution >= 0.6 is 11.8 Å². The van der Waals surface area contributed by atoms with Crippen LogP contribution in [0.25, 0.3) is 0 Å². The highest BCUT2D eigenvalue weighted by Gasteiger charge is 2.21. The van der Waals surface area contributed by atoms with E-state index in [0.29, 0.717) is 12.3 Å². The molecule has 2 aromatic carbocycles. The van der Waals surface area contributed by atoms with Gasteiger partial charge in [0.2, 0.25) is 0 Å². The minimum atomic E-state index is -0.883. The fraction of sp³-hybridized carbons (Fsp3) is 0.176. The normalized spacial score (nSPS) is 10.5. The van der Waals surface area contributed by atoms with Crippen molar-refractivity contribution in [2.45, 2.75) is 0 Å². The van der Waals surface area contributed by atoms with Crippen LogP contribution in [0.1, 0.15) is 21.5 Å². The van der Waals surface area contributed by atoms with Gasteiger partial charge in [-0.15, -0.1) is 0 Å². The van der Waals surface area contributed by atoms with Crippen molar-refractivity contribution in [2.24, 2.45) is 0 Å². The molecule has 7 heteroatoms. The number of amides is 1. The predicted molar refractivity (Wildman–Crippen MR) is 93.9 cm³/mol. The van der Waals surface area contributed by atoms with E-state index >= 15 is 0 Å². The molecule has 0 saturated heterocycles. The van der Waals surface area contributed by atoms with Gasteiger partial charge in [0.15, 0.2) is 0 Å².